The highest BCUT2D eigenvalue weighted by Gasteiger charge is 2.10. The molecule has 0 aliphatic rings. The summed E-state index contributed by atoms with van der Waals surface area (Å²) >= 11 is 0. The first-order chi connectivity index (χ1) is 8.04. The molecule has 0 bridgehead atoms. The van der Waals surface area contributed by atoms with Crippen LogP contribution in [-0.2, 0) is 11.2 Å². The molecule has 3 heteroatoms. The van der Waals surface area contributed by atoms with E-state index in [1.807, 2.05) is 33.2 Å². The molecule has 1 N–H and O–H groups in total. The van der Waals surface area contributed by atoms with Crippen molar-refractivity contribution in [3.63, 3.8) is 0 Å². The summed E-state index contributed by atoms with van der Waals surface area (Å²) in [6, 6.07) is 5.67. The third-order valence-corrected chi connectivity index (χ3v) is 2.92. The van der Waals surface area contributed by atoms with Crippen molar-refractivity contribution < 1.29 is 9.90 Å². The van der Waals surface area contributed by atoms with Gasteiger partial charge < -0.3 is 14.8 Å². The minimum absolute atomic E-state index is 0.0757. The molecule has 1 rings (SSSR count). The number of phenolic OH excluding ortho intramolecular Hbond substituents is 1. The van der Waals surface area contributed by atoms with Gasteiger partial charge in [0, 0.05) is 13.0 Å². The maximum Gasteiger partial charge on any atom is 0.120 e. The molecule has 0 radical (unpaired) electrons. The van der Waals surface area contributed by atoms with Crippen LogP contribution in [-0.4, -0.2) is 36.9 Å². The first kappa shape index (κ1) is 13.7. The van der Waals surface area contributed by atoms with Crippen LogP contribution in [0.15, 0.2) is 18.2 Å². The number of carbonyl (C=O) groups is 1. The molecule has 3 nitrogen and oxygen atoms in total. The number of hydrogen-bond acceptors (Lipinski definition) is 3. The Morgan fingerprint density at radius 2 is 2.12 bits per heavy atom. The molecule has 0 aliphatic carbocycles. The van der Waals surface area contributed by atoms with Crippen LogP contribution in [0.1, 0.15) is 30.4 Å². The maximum absolute atomic E-state index is 10.5. The average Bonchev–Trinajstić information content (AvgIpc) is 2.28. The normalized spacial score (nSPS) is 12.7. The maximum atomic E-state index is 10.5. The Morgan fingerprint density at radius 1 is 1.41 bits per heavy atom. The van der Waals surface area contributed by atoms with E-state index in [1.165, 1.54) is 5.56 Å². The molecular weight excluding hydrogens is 214 g/mol. The predicted molar refractivity (Wildman–Crippen MR) is 69.5 cm³/mol. The van der Waals surface area contributed by atoms with E-state index in [2.05, 4.69) is 4.90 Å². The standard InChI is InChI=1S/C14H21NO2/c1-11(7-9-16)13-10-12(4-5-14(13)17)6-8-15(2)3/h4-5,9-11,17H,6-8H2,1-3H3. The van der Waals surface area contributed by atoms with Gasteiger partial charge in [0.25, 0.3) is 0 Å². The van der Waals surface area contributed by atoms with Gasteiger partial charge in [-0.3, -0.25) is 0 Å². The zero-order valence-electron chi connectivity index (χ0n) is 10.8. The molecule has 1 unspecified atom stereocenters. The van der Waals surface area contributed by atoms with Gasteiger partial charge in [-0.05, 0) is 43.6 Å². The van der Waals surface area contributed by atoms with Crippen LogP contribution in [0.3, 0.4) is 0 Å². The van der Waals surface area contributed by atoms with Gasteiger partial charge in [-0.15, -0.1) is 0 Å². The Morgan fingerprint density at radius 3 is 2.71 bits per heavy atom. The summed E-state index contributed by atoms with van der Waals surface area (Å²) in [5.74, 6) is 0.361. The average molecular weight is 235 g/mol. The van der Waals surface area contributed by atoms with Gasteiger partial charge in [0.2, 0.25) is 0 Å². The second-order valence-corrected chi connectivity index (χ2v) is 4.75. The fourth-order valence-electron chi connectivity index (χ4n) is 1.78. The summed E-state index contributed by atoms with van der Waals surface area (Å²) in [4.78, 5) is 12.6. The number of rotatable bonds is 6. The number of phenols is 1. The number of likely N-dealkylation sites (N-methyl/N-ethyl adjacent to an activating group) is 1. The highest BCUT2D eigenvalue weighted by molar-refractivity contribution is 5.53. The third kappa shape index (κ3) is 4.19. The van der Waals surface area contributed by atoms with Gasteiger partial charge in [0.05, 0.1) is 0 Å². The highest BCUT2D eigenvalue weighted by Crippen LogP contribution is 2.28. The van der Waals surface area contributed by atoms with Gasteiger partial charge in [-0.25, -0.2) is 0 Å². The van der Waals surface area contributed by atoms with E-state index in [1.54, 1.807) is 6.07 Å². The quantitative estimate of drug-likeness (QED) is 0.768. The van der Waals surface area contributed by atoms with Gasteiger partial charge in [-0.1, -0.05) is 19.1 Å². The van der Waals surface area contributed by atoms with E-state index in [9.17, 15) is 9.90 Å². The monoisotopic (exact) mass is 235 g/mol. The lowest BCUT2D eigenvalue weighted by molar-refractivity contribution is -0.108. The molecule has 1 aromatic carbocycles. The lowest BCUT2D eigenvalue weighted by atomic mass is 9.95. The van der Waals surface area contributed by atoms with Gasteiger partial charge in [0.1, 0.15) is 12.0 Å². The fraction of sp³-hybridized carbons (Fsp3) is 0.500. The molecule has 0 spiro atoms. The molecule has 0 aromatic heterocycles. The van der Waals surface area contributed by atoms with Crippen molar-refractivity contribution in [3.05, 3.63) is 29.3 Å². The molecule has 0 amide bonds. The number of hydrogen-bond donors (Lipinski definition) is 1. The van der Waals surface area contributed by atoms with E-state index < -0.39 is 0 Å². The van der Waals surface area contributed by atoms with Crippen LogP contribution >= 0.6 is 0 Å². The first-order valence-electron chi connectivity index (χ1n) is 5.94. The van der Waals surface area contributed by atoms with Gasteiger partial charge in [0.15, 0.2) is 0 Å². The van der Waals surface area contributed by atoms with Crippen LogP contribution in [0.25, 0.3) is 0 Å². The van der Waals surface area contributed by atoms with Crippen molar-refractivity contribution in [1.82, 2.24) is 4.90 Å². The Hall–Kier alpha value is -1.35. The lowest BCUT2D eigenvalue weighted by Crippen LogP contribution is -2.15. The second kappa shape index (κ2) is 6.40. The Labute approximate surface area is 103 Å². The van der Waals surface area contributed by atoms with Gasteiger partial charge in [-0.2, -0.15) is 0 Å². The molecule has 0 heterocycles. The molecule has 0 saturated carbocycles. The van der Waals surface area contributed by atoms with Crippen molar-refractivity contribution in [2.24, 2.45) is 0 Å². The molecule has 94 valence electrons. The van der Waals surface area contributed by atoms with Crippen LogP contribution < -0.4 is 0 Å². The number of aromatic hydroxyl groups is 1. The summed E-state index contributed by atoms with van der Waals surface area (Å²) in [7, 11) is 4.08. The molecule has 17 heavy (non-hydrogen) atoms. The number of carbonyl (C=O) groups excluding carboxylic acids is 1. The Balaban J connectivity index is 2.82. The lowest BCUT2D eigenvalue weighted by Gasteiger charge is -2.14. The summed E-state index contributed by atoms with van der Waals surface area (Å²) in [6.07, 6.45) is 2.30. The van der Waals surface area contributed by atoms with Crippen LogP contribution in [0.4, 0.5) is 0 Å². The van der Waals surface area contributed by atoms with Crippen molar-refractivity contribution in [3.8, 4) is 5.75 Å². The van der Waals surface area contributed by atoms with Crippen molar-refractivity contribution in [2.45, 2.75) is 25.7 Å². The summed E-state index contributed by atoms with van der Waals surface area (Å²) in [6.45, 7) is 2.94. The third-order valence-electron chi connectivity index (χ3n) is 2.92. The minimum atomic E-state index is 0.0757. The summed E-state index contributed by atoms with van der Waals surface area (Å²) < 4.78 is 0. The Kier molecular flexibility index (Phi) is 5.16. The van der Waals surface area contributed by atoms with E-state index in [4.69, 9.17) is 0 Å². The van der Waals surface area contributed by atoms with E-state index >= 15 is 0 Å². The predicted octanol–water partition coefficient (Wildman–Crippen LogP) is 2.19. The number of aldehydes is 1. The number of benzene rings is 1. The van der Waals surface area contributed by atoms with E-state index in [0.29, 0.717) is 6.42 Å². The van der Waals surface area contributed by atoms with Crippen LogP contribution in [0.2, 0.25) is 0 Å². The molecule has 1 atom stereocenters. The zero-order valence-corrected chi connectivity index (χ0v) is 10.8. The van der Waals surface area contributed by atoms with Crippen molar-refractivity contribution >= 4 is 6.29 Å². The SMILES string of the molecule is CC(CC=O)c1cc(CCN(C)C)ccc1O. The first-order valence-corrected chi connectivity index (χ1v) is 5.94. The second-order valence-electron chi connectivity index (χ2n) is 4.75. The van der Waals surface area contributed by atoms with Crippen molar-refractivity contribution in [2.75, 3.05) is 20.6 Å². The van der Waals surface area contributed by atoms with Gasteiger partial charge >= 0.3 is 0 Å². The Bertz CT molecular complexity index is 374. The van der Waals surface area contributed by atoms with Crippen molar-refractivity contribution in [1.29, 1.82) is 0 Å². The minimum Gasteiger partial charge on any atom is -0.508 e. The molecule has 0 saturated heterocycles. The highest BCUT2D eigenvalue weighted by atomic mass is 16.3. The van der Waals surface area contributed by atoms with E-state index in [0.717, 1.165) is 24.8 Å². The largest absolute Gasteiger partial charge is 0.508 e. The topological polar surface area (TPSA) is 40.5 Å². The zero-order chi connectivity index (χ0) is 12.8. The number of nitrogens with zero attached hydrogens (tertiary/aromatic N) is 1. The molecule has 0 fully saturated rings. The molecule has 0 aliphatic heterocycles. The fourth-order valence-corrected chi connectivity index (χ4v) is 1.78. The van der Waals surface area contributed by atoms with Crippen LogP contribution in [0.5, 0.6) is 5.75 Å². The smallest absolute Gasteiger partial charge is 0.120 e. The molecule has 1 aromatic rings. The summed E-state index contributed by atoms with van der Waals surface area (Å²) in [5, 5.41) is 9.78. The summed E-state index contributed by atoms with van der Waals surface area (Å²) in [5.41, 5.74) is 2.07. The van der Waals surface area contributed by atoms with Crippen LogP contribution in [0, 0.1) is 0 Å². The molecular formula is C14H21NO2. The van der Waals surface area contributed by atoms with E-state index in [-0.39, 0.29) is 11.7 Å².